The maximum Gasteiger partial charge on any atom is 0.213 e. The molecule has 4 aromatic carbocycles. The number of rotatable bonds is 11. The lowest BCUT2D eigenvalue weighted by atomic mass is 9.92. The molecule has 49 heavy (non-hydrogen) atoms. The second-order valence-electron chi connectivity index (χ2n) is 13.0. The van der Waals surface area contributed by atoms with Crippen molar-refractivity contribution >= 4 is 39.8 Å². The molecule has 0 spiro atoms. The molecular formula is C46H44ClN2+. The summed E-state index contributed by atoms with van der Waals surface area (Å²) in [5.41, 5.74) is 11.5. The van der Waals surface area contributed by atoms with Gasteiger partial charge in [-0.1, -0.05) is 127 Å². The third kappa shape index (κ3) is 8.04. The van der Waals surface area contributed by atoms with Crippen molar-refractivity contribution in [2.45, 2.75) is 51.5 Å². The first-order valence-corrected chi connectivity index (χ1v) is 18.1. The Bertz CT molecular complexity index is 2050. The third-order valence-corrected chi connectivity index (χ3v) is 10.2. The van der Waals surface area contributed by atoms with Gasteiger partial charge in [-0.05, 0) is 90.1 Å². The lowest BCUT2D eigenvalue weighted by molar-refractivity contribution is -0.671. The second kappa shape index (κ2) is 16.0. The van der Waals surface area contributed by atoms with Crippen LogP contribution in [0.2, 0.25) is 0 Å². The summed E-state index contributed by atoms with van der Waals surface area (Å²) in [5, 5.41) is 2.16. The molecule has 3 heteroatoms. The van der Waals surface area contributed by atoms with Crippen molar-refractivity contribution in [3.63, 3.8) is 0 Å². The molecule has 0 saturated heterocycles. The highest BCUT2D eigenvalue weighted by atomic mass is 35.5. The molecule has 2 aliphatic rings. The molecule has 244 valence electrons. The molecule has 5 aromatic rings. The van der Waals surface area contributed by atoms with Crippen LogP contribution < -0.4 is 9.47 Å². The van der Waals surface area contributed by atoms with Crippen LogP contribution in [0.15, 0.2) is 168 Å². The highest BCUT2D eigenvalue weighted by Gasteiger charge is 2.18. The van der Waals surface area contributed by atoms with Crippen molar-refractivity contribution in [1.29, 1.82) is 0 Å². The van der Waals surface area contributed by atoms with Gasteiger partial charge in [0.25, 0.3) is 0 Å². The van der Waals surface area contributed by atoms with Gasteiger partial charge in [0.05, 0.1) is 5.39 Å². The van der Waals surface area contributed by atoms with E-state index < -0.39 is 0 Å². The minimum atomic E-state index is 0.895. The van der Waals surface area contributed by atoms with Crippen molar-refractivity contribution in [2.75, 3.05) is 11.4 Å². The lowest BCUT2D eigenvalue weighted by Crippen LogP contribution is -2.34. The topological polar surface area (TPSA) is 7.12 Å². The monoisotopic (exact) mass is 659 g/mol. The number of anilines is 1. The summed E-state index contributed by atoms with van der Waals surface area (Å²) in [5.74, 6) is 0. The van der Waals surface area contributed by atoms with Crippen molar-refractivity contribution in [2.24, 2.45) is 0 Å². The molecule has 2 heterocycles. The average molecular weight is 660 g/mol. The van der Waals surface area contributed by atoms with Gasteiger partial charge in [-0.15, -0.1) is 0 Å². The first-order valence-electron chi connectivity index (χ1n) is 17.7. The van der Waals surface area contributed by atoms with E-state index in [9.17, 15) is 0 Å². The van der Waals surface area contributed by atoms with Crippen LogP contribution in [0.4, 0.5) is 5.69 Å². The predicted octanol–water partition coefficient (Wildman–Crippen LogP) is 11.4. The summed E-state index contributed by atoms with van der Waals surface area (Å²) in [7, 11) is 0. The fourth-order valence-corrected chi connectivity index (χ4v) is 7.40. The first-order chi connectivity index (χ1) is 24.2. The summed E-state index contributed by atoms with van der Waals surface area (Å²) < 4.78 is 2.39. The Hall–Kier alpha value is -4.92. The number of benzene rings is 4. The van der Waals surface area contributed by atoms with Gasteiger partial charge in [0.1, 0.15) is 6.54 Å². The van der Waals surface area contributed by atoms with Crippen molar-refractivity contribution < 1.29 is 4.57 Å². The SMILES string of the molecule is ClC1=C(/C=C/c2cc[n+](CCCc3ccccc3)c3ccccc23)CCC/C1=C\C=C1/C=CN(CCCc2ccccc2)c2ccccc21. The second-order valence-corrected chi connectivity index (χ2v) is 13.4. The van der Waals surface area contributed by atoms with Crippen LogP contribution >= 0.6 is 11.6 Å². The van der Waals surface area contributed by atoms with Gasteiger partial charge in [-0.2, -0.15) is 4.57 Å². The van der Waals surface area contributed by atoms with E-state index in [1.165, 1.54) is 55.6 Å². The number of fused-ring (bicyclic) bond motifs is 2. The molecule has 0 unspecified atom stereocenters. The van der Waals surface area contributed by atoms with E-state index in [2.05, 4.69) is 168 Å². The molecule has 0 atom stereocenters. The number of hydrogen-bond acceptors (Lipinski definition) is 1. The van der Waals surface area contributed by atoms with Gasteiger partial charge >= 0.3 is 0 Å². The van der Waals surface area contributed by atoms with Gasteiger partial charge in [0.15, 0.2) is 6.20 Å². The Balaban J connectivity index is 1.06. The van der Waals surface area contributed by atoms with E-state index in [0.717, 1.165) is 63.1 Å². The molecule has 1 aliphatic carbocycles. The summed E-state index contributed by atoms with van der Waals surface area (Å²) >= 11 is 7.12. The van der Waals surface area contributed by atoms with Crippen LogP contribution in [0, 0.1) is 0 Å². The van der Waals surface area contributed by atoms with Crippen molar-refractivity contribution in [1.82, 2.24) is 0 Å². The molecule has 1 aliphatic heterocycles. The quantitative estimate of drug-likeness (QED) is 0.128. The normalized spacial score (nSPS) is 16.3. The smallest absolute Gasteiger partial charge is 0.213 e. The molecule has 0 saturated carbocycles. The molecular weight excluding hydrogens is 616 g/mol. The summed E-state index contributed by atoms with van der Waals surface area (Å²) in [4.78, 5) is 2.39. The van der Waals surface area contributed by atoms with Gasteiger partial charge in [-0.25, -0.2) is 0 Å². The molecule has 7 rings (SSSR count). The van der Waals surface area contributed by atoms with Crippen molar-refractivity contribution in [3.05, 3.63) is 190 Å². The summed E-state index contributed by atoms with van der Waals surface area (Å²) in [6.45, 7) is 1.98. The highest BCUT2D eigenvalue weighted by Crippen LogP contribution is 2.36. The van der Waals surface area contributed by atoms with Gasteiger partial charge in [0.2, 0.25) is 5.52 Å². The molecule has 0 amide bonds. The Morgan fingerprint density at radius 1 is 0.694 bits per heavy atom. The lowest BCUT2D eigenvalue weighted by Gasteiger charge is -2.27. The minimum Gasteiger partial charge on any atom is -0.347 e. The van der Waals surface area contributed by atoms with Gasteiger partial charge < -0.3 is 4.90 Å². The van der Waals surface area contributed by atoms with E-state index in [-0.39, 0.29) is 0 Å². The molecule has 0 radical (unpaired) electrons. The highest BCUT2D eigenvalue weighted by molar-refractivity contribution is 6.32. The first kappa shape index (κ1) is 32.6. The predicted molar refractivity (Wildman–Crippen MR) is 208 cm³/mol. The van der Waals surface area contributed by atoms with Gasteiger partial charge in [0, 0.05) is 47.6 Å². The number of para-hydroxylation sites is 2. The largest absolute Gasteiger partial charge is 0.347 e. The number of aryl methyl sites for hydroxylation is 3. The number of aromatic nitrogens is 1. The van der Waals surface area contributed by atoms with Crippen molar-refractivity contribution in [3.8, 4) is 0 Å². The number of nitrogens with zero attached hydrogens (tertiary/aromatic N) is 2. The molecule has 0 bridgehead atoms. The Morgan fingerprint density at radius 2 is 1.41 bits per heavy atom. The van der Waals surface area contributed by atoms with Crippen LogP contribution in [0.3, 0.4) is 0 Å². The number of halogens is 1. The Morgan fingerprint density at radius 3 is 2.22 bits per heavy atom. The van der Waals surface area contributed by atoms with E-state index in [0.29, 0.717) is 0 Å². The zero-order chi connectivity index (χ0) is 33.3. The molecule has 0 N–H and O–H groups in total. The average Bonchev–Trinajstić information content (AvgIpc) is 3.15. The minimum absolute atomic E-state index is 0.895. The van der Waals surface area contributed by atoms with E-state index in [1.807, 2.05) is 0 Å². The zero-order valence-electron chi connectivity index (χ0n) is 28.1. The van der Waals surface area contributed by atoms with E-state index in [1.54, 1.807) is 0 Å². The standard InChI is InChI=1S/C46H44ClN2/c47-46-40(28-26-38-30-34-48(44-24-9-7-22-42(38)44)32-12-18-36-14-3-1-4-15-36)20-11-21-41(46)29-27-39-31-35-49(45-25-10-8-23-43(39)45)33-13-19-37-16-5-2-6-17-37/h1-10,14-17,22-31,34-35H,11-13,18-21,32-33H2/q+1. The van der Waals surface area contributed by atoms with Gasteiger partial charge in [-0.3, -0.25) is 0 Å². The number of allylic oxidation sites excluding steroid dienone is 8. The van der Waals surface area contributed by atoms with Crippen LogP contribution in [-0.2, 0) is 19.4 Å². The summed E-state index contributed by atoms with van der Waals surface area (Å²) in [6, 6.07) is 41.3. The van der Waals surface area contributed by atoms with Crippen LogP contribution in [0.5, 0.6) is 0 Å². The Kier molecular flexibility index (Phi) is 10.6. The zero-order valence-corrected chi connectivity index (χ0v) is 28.9. The maximum atomic E-state index is 7.12. The summed E-state index contributed by atoms with van der Waals surface area (Å²) in [6.07, 6.45) is 23.2. The molecule has 0 fully saturated rings. The maximum absolute atomic E-state index is 7.12. The number of hydrogen-bond donors (Lipinski definition) is 0. The van der Waals surface area contributed by atoms with E-state index in [4.69, 9.17) is 11.6 Å². The fourth-order valence-electron chi connectivity index (χ4n) is 7.08. The number of pyridine rings is 1. The molecule has 1 aromatic heterocycles. The third-order valence-electron chi connectivity index (χ3n) is 9.72. The van der Waals surface area contributed by atoms with Crippen LogP contribution in [0.1, 0.15) is 54.4 Å². The Labute approximate surface area is 296 Å². The van der Waals surface area contributed by atoms with E-state index >= 15 is 0 Å². The van der Waals surface area contributed by atoms with Crippen LogP contribution in [0.25, 0.3) is 22.6 Å². The van der Waals surface area contributed by atoms with Crippen LogP contribution in [-0.4, -0.2) is 6.54 Å². The fraction of sp³-hybridized carbons (Fsp3) is 0.196. The molecule has 2 nitrogen and oxygen atoms in total.